The van der Waals surface area contributed by atoms with E-state index < -0.39 is 59.9 Å². The number of aliphatic hydroxyl groups excluding tert-OH is 1. The van der Waals surface area contributed by atoms with Crippen molar-refractivity contribution in [3.8, 4) is 0 Å². The standard InChI is InChI=1S/C35H63N5O8.CH4/c1-7-14-25(38-35(48)32(23(6)8-2)40-29(42)17-13-18-31(44)45)34(47)39-26(19-22(4)5)28(41)21-30(43)37-27(33(46)36-9-3)20-24-15-11-10-12-16-24;/h22-28,32,41H,7-21H2,1-6H3,(H,36,46)(H,37,43)(H,38,48)(H,39,47)(H,40,42)(H,44,45);1H4/t23-,25-,26-,27-,28-,32-;/m0./s1. The van der Waals surface area contributed by atoms with Crippen LogP contribution in [0.1, 0.15) is 139 Å². The summed E-state index contributed by atoms with van der Waals surface area (Å²) in [5.41, 5.74) is 0. The van der Waals surface area contributed by atoms with Gasteiger partial charge in [-0.2, -0.15) is 0 Å². The highest BCUT2D eigenvalue weighted by Gasteiger charge is 2.33. The van der Waals surface area contributed by atoms with Crippen LogP contribution < -0.4 is 26.6 Å². The van der Waals surface area contributed by atoms with Gasteiger partial charge in [-0.3, -0.25) is 28.8 Å². The van der Waals surface area contributed by atoms with Crippen molar-refractivity contribution in [1.82, 2.24) is 26.6 Å². The zero-order chi connectivity index (χ0) is 36.2. The average molecular weight is 698 g/mol. The SMILES string of the molecule is C.CCC[C@H](NC(=O)[C@@H](NC(=O)CCCC(=O)O)[C@@H](C)CC)C(=O)N[C@@H](CC(C)C)[C@@H](O)CC(=O)N[C@@H](CC1CCCCC1)C(=O)NCC. The molecule has 0 aromatic rings. The molecule has 0 radical (unpaired) electrons. The summed E-state index contributed by atoms with van der Waals surface area (Å²) >= 11 is 0. The number of carboxylic acid groups (broad SMARTS) is 1. The van der Waals surface area contributed by atoms with E-state index in [1.807, 2.05) is 41.5 Å². The van der Waals surface area contributed by atoms with E-state index in [9.17, 15) is 33.9 Å². The van der Waals surface area contributed by atoms with E-state index in [0.29, 0.717) is 44.6 Å². The van der Waals surface area contributed by atoms with Gasteiger partial charge in [0, 0.05) is 19.4 Å². The number of nitrogens with one attached hydrogen (secondary N) is 5. The van der Waals surface area contributed by atoms with Crippen LogP contribution in [0.4, 0.5) is 0 Å². The number of carboxylic acids is 1. The van der Waals surface area contributed by atoms with Crippen molar-refractivity contribution in [3.63, 3.8) is 0 Å². The molecule has 7 N–H and O–H groups in total. The van der Waals surface area contributed by atoms with Gasteiger partial charge in [-0.25, -0.2) is 0 Å². The van der Waals surface area contributed by atoms with Gasteiger partial charge in [0.2, 0.25) is 29.5 Å². The van der Waals surface area contributed by atoms with Gasteiger partial charge >= 0.3 is 5.97 Å². The van der Waals surface area contributed by atoms with Crippen molar-refractivity contribution < 1.29 is 39.0 Å². The second-order valence-corrected chi connectivity index (χ2v) is 13.8. The highest BCUT2D eigenvalue weighted by atomic mass is 16.4. The maximum atomic E-state index is 13.6. The molecule has 0 unspecified atom stereocenters. The molecule has 0 heterocycles. The first kappa shape index (κ1) is 45.8. The maximum Gasteiger partial charge on any atom is 0.303 e. The molecular formula is C36H67N5O8. The van der Waals surface area contributed by atoms with Crippen LogP contribution in [0.3, 0.4) is 0 Å². The molecule has 1 aliphatic carbocycles. The predicted molar refractivity (Wildman–Crippen MR) is 190 cm³/mol. The van der Waals surface area contributed by atoms with E-state index in [1.165, 1.54) is 6.42 Å². The van der Waals surface area contributed by atoms with Crippen LogP contribution >= 0.6 is 0 Å². The van der Waals surface area contributed by atoms with Crippen molar-refractivity contribution >= 4 is 35.5 Å². The lowest BCUT2D eigenvalue weighted by Crippen LogP contribution is -2.57. The fraction of sp³-hybridized carbons (Fsp3) is 0.833. The number of likely N-dealkylation sites (N-methyl/N-ethyl adjacent to an activating group) is 1. The Morgan fingerprint density at radius 1 is 0.776 bits per heavy atom. The summed E-state index contributed by atoms with van der Waals surface area (Å²) in [7, 11) is 0. The van der Waals surface area contributed by atoms with Crippen LogP contribution in [0.25, 0.3) is 0 Å². The minimum Gasteiger partial charge on any atom is -0.481 e. The maximum absolute atomic E-state index is 13.6. The molecule has 284 valence electrons. The summed E-state index contributed by atoms with van der Waals surface area (Å²) in [6, 6.07) is -3.37. The number of hydrogen-bond acceptors (Lipinski definition) is 7. The van der Waals surface area contributed by atoms with Crippen LogP contribution in [0.5, 0.6) is 0 Å². The molecule has 6 atom stereocenters. The smallest absolute Gasteiger partial charge is 0.303 e. The van der Waals surface area contributed by atoms with E-state index in [4.69, 9.17) is 5.11 Å². The van der Waals surface area contributed by atoms with E-state index in [0.717, 1.165) is 25.7 Å². The van der Waals surface area contributed by atoms with Crippen molar-refractivity contribution in [2.45, 2.75) is 169 Å². The van der Waals surface area contributed by atoms with Gasteiger partial charge in [0.25, 0.3) is 0 Å². The number of rotatable bonds is 23. The third kappa shape index (κ3) is 18.4. The summed E-state index contributed by atoms with van der Waals surface area (Å²) in [6.45, 7) is 11.7. The fourth-order valence-electron chi connectivity index (χ4n) is 6.14. The zero-order valence-electron chi connectivity index (χ0n) is 30.1. The zero-order valence-corrected chi connectivity index (χ0v) is 30.1. The van der Waals surface area contributed by atoms with Crippen molar-refractivity contribution in [1.29, 1.82) is 0 Å². The normalized spacial score (nSPS) is 16.9. The lowest BCUT2D eigenvalue weighted by atomic mass is 9.84. The number of aliphatic carboxylic acids is 1. The molecule has 13 heteroatoms. The molecule has 49 heavy (non-hydrogen) atoms. The lowest BCUT2D eigenvalue weighted by Gasteiger charge is -2.30. The summed E-state index contributed by atoms with van der Waals surface area (Å²) in [5.74, 6) is -3.06. The van der Waals surface area contributed by atoms with Gasteiger partial charge in [0.1, 0.15) is 18.1 Å². The molecule has 0 aliphatic heterocycles. The molecule has 0 bridgehead atoms. The summed E-state index contributed by atoms with van der Waals surface area (Å²) in [4.78, 5) is 76.2. The second kappa shape index (κ2) is 24.8. The lowest BCUT2D eigenvalue weighted by molar-refractivity contribution is -0.137. The van der Waals surface area contributed by atoms with Gasteiger partial charge in [-0.15, -0.1) is 0 Å². The summed E-state index contributed by atoms with van der Waals surface area (Å²) in [5, 5.41) is 34.0. The fourth-order valence-corrected chi connectivity index (χ4v) is 6.14. The van der Waals surface area contributed by atoms with E-state index >= 15 is 0 Å². The third-order valence-electron chi connectivity index (χ3n) is 9.03. The van der Waals surface area contributed by atoms with Crippen molar-refractivity contribution in [2.75, 3.05) is 6.54 Å². The second-order valence-electron chi connectivity index (χ2n) is 13.8. The van der Waals surface area contributed by atoms with Crippen LogP contribution in [0.2, 0.25) is 0 Å². The quantitative estimate of drug-likeness (QED) is 0.0839. The van der Waals surface area contributed by atoms with Crippen LogP contribution in [-0.4, -0.2) is 82.5 Å². The third-order valence-corrected chi connectivity index (χ3v) is 9.03. The van der Waals surface area contributed by atoms with Crippen molar-refractivity contribution in [3.05, 3.63) is 0 Å². The first-order valence-corrected chi connectivity index (χ1v) is 18.1. The topological polar surface area (TPSA) is 203 Å². The Hall–Kier alpha value is -3.22. The highest BCUT2D eigenvalue weighted by molar-refractivity contribution is 5.92. The Morgan fingerprint density at radius 2 is 1.43 bits per heavy atom. The summed E-state index contributed by atoms with van der Waals surface area (Å²) < 4.78 is 0. The first-order valence-electron chi connectivity index (χ1n) is 18.1. The van der Waals surface area contributed by atoms with Gasteiger partial charge in [-0.05, 0) is 50.4 Å². The molecule has 0 spiro atoms. The molecule has 0 saturated heterocycles. The monoisotopic (exact) mass is 697 g/mol. The molecule has 5 amide bonds. The van der Waals surface area contributed by atoms with Crippen molar-refractivity contribution in [2.24, 2.45) is 17.8 Å². The number of aliphatic hydroxyl groups is 1. The minimum atomic E-state index is -1.24. The molecule has 1 aliphatic rings. The Bertz CT molecular complexity index is 1030. The van der Waals surface area contributed by atoms with E-state index in [-0.39, 0.29) is 50.9 Å². The van der Waals surface area contributed by atoms with Crippen LogP contribution in [0, 0.1) is 17.8 Å². The largest absolute Gasteiger partial charge is 0.481 e. The molecule has 1 saturated carbocycles. The van der Waals surface area contributed by atoms with Gasteiger partial charge in [0.05, 0.1) is 18.6 Å². The van der Waals surface area contributed by atoms with Crippen LogP contribution in [0.15, 0.2) is 0 Å². The highest BCUT2D eigenvalue weighted by Crippen LogP contribution is 2.27. The van der Waals surface area contributed by atoms with Crippen LogP contribution in [-0.2, 0) is 28.8 Å². The van der Waals surface area contributed by atoms with Gasteiger partial charge in [0.15, 0.2) is 0 Å². The number of hydrogen-bond donors (Lipinski definition) is 7. The van der Waals surface area contributed by atoms with Gasteiger partial charge in [-0.1, -0.05) is 87.0 Å². The molecular weight excluding hydrogens is 630 g/mol. The first-order chi connectivity index (χ1) is 22.7. The van der Waals surface area contributed by atoms with Gasteiger partial charge < -0.3 is 36.8 Å². The predicted octanol–water partition coefficient (Wildman–Crippen LogP) is 3.57. The number of carbonyl (C=O) groups excluding carboxylic acids is 5. The molecule has 1 rings (SSSR count). The molecule has 0 aromatic carbocycles. The molecule has 1 fully saturated rings. The minimum absolute atomic E-state index is 0. The Kier molecular flexibility index (Phi) is 23.2. The summed E-state index contributed by atoms with van der Waals surface area (Å²) in [6.07, 6.45) is 6.17. The van der Waals surface area contributed by atoms with E-state index in [1.54, 1.807) is 0 Å². The number of carbonyl (C=O) groups is 6. The average Bonchev–Trinajstić information content (AvgIpc) is 3.02. The molecule has 13 nitrogen and oxygen atoms in total. The Balaban J connectivity index is 0.0000230. The Labute approximate surface area is 294 Å². The Morgan fingerprint density at radius 3 is 1.98 bits per heavy atom. The van der Waals surface area contributed by atoms with E-state index in [2.05, 4.69) is 26.6 Å². The molecule has 0 aromatic heterocycles. The number of amides is 5.